The molecule has 0 radical (unpaired) electrons. The number of nitriles is 2. The maximum atomic E-state index is 13.1. The van der Waals surface area contributed by atoms with Crippen molar-refractivity contribution < 1.29 is 45.1 Å². The molecule has 10 aromatic rings. The molecule has 0 unspecified atom stereocenters. The zero-order valence-electron chi connectivity index (χ0n) is 57.8. The third-order valence-corrected chi connectivity index (χ3v) is 23.8. The molecule has 0 aliphatic carbocycles. The summed E-state index contributed by atoms with van der Waals surface area (Å²) < 4.78 is 108. The number of aromatic nitrogens is 6. The van der Waals surface area contributed by atoms with E-state index in [2.05, 4.69) is 114 Å². The molecule has 29 heteroatoms. The SMILES string of the molecule is C=CC(=O)Cl.C=CC(=O)Nc1ccc(CCn2c(C#N)cc3c(C)c(CN4CCC(Nc5ncnc6sc(CC(F)(F)F)cc56)CC4)ccc32)cc1P(C)(C)=O.Cc1c(CN2CCC(Nc3ncnc4sc(CC(F)(F)F)cc34)CC2)ccc2c1cc(C#N)n2CCc1ccc(N)c(P(C)(C)=O)c1. The smallest absolute Gasteiger partial charge is 0.393 e. The summed E-state index contributed by atoms with van der Waals surface area (Å²) in [7, 11) is -5.21. The van der Waals surface area contributed by atoms with Gasteiger partial charge in [0.2, 0.25) is 11.1 Å². The number of carbonyl (C=O) groups is 2. The largest absolute Gasteiger partial charge is 0.398 e. The van der Waals surface area contributed by atoms with Gasteiger partial charge in [-0.1, -0.05) is 37.4 Å². The summed E-state index contributed by atoms with van der Waals surface area (Å²) in [5.74, 6) is 0.799. The van der Waals surface area contributed by atoms with E-state index in [4.69, 9.17) is 17.3 Å². The van der Waals surface area contributed by atoms with Crippen molar-refractivity contribution in [3.63, 3.8) is 0 Å². The summed E-state index contributed by atoms with van der Waals surface area (Å²) in [5, 5.41) is 33.8. The minimum atomic E-state index is -4.27. The number of fused-ring (bicyclic) bond motifs is 4. The zero-order valence-corrected chi connectivity index (χ0v) is 62.0. The number of nitrogens with two attached hydrogens (primary N) is 1. The topological polar surface area (TPSA) is 246 Å². The van der Waals surface area contributed by atoms with E-state index in [1.807, 2.05) is 47.0 Å². The van der Waals surface area contributed by atoms with Gasteiger partial charge in [-0.2, -0.15) is 36.9 Å². The molecule has 540 valence electrons. The molecule has 12 rings (SSSR count). The number of hydrogen-bond acceptors (Lipinski definition) is 17. The van der Waals surface area contributed by atoms with Gasteiger partial charge in [0.05, 0.1) is 29.3 Å². The van der Waals surface area contributed by atoms with E-state index in [1.54, 1.807) is 44.9 Å². The highest BCUT2D eigenvalue weighted by Gasteiger charge is 2.32. The normalized spacial score (nSPS) is 14.4. The fraction of sp³-hybridized carbons (Fsp3) is 0.351. The van der Waals surface area contributed by atoms with Crippen LogP contribution in [0.4, 0.5) is 49.4 Å². The Morgan fingerprint density at radius 1 is 0.621 bits per heavy atom. The Balaban J connectivity index is 0.000000208. The number of anilines is 4. The Morgan fingerprint density at radius 2 is 1.04 bits per heavy atom. The first kappa shape index (κ1) is 76.9. The first-order chi connectivity index (χ1) is 48.8. The molecule has 6 aromatic heterocycles. The van der Waals surface area contributed by atoms with Crippen LogP contribution in [0.5, 0.6) is 0 Å². The quantitative estimate of drug-likeness (QED) is 0.0172. The van der Waals surface area contributed by atoms with Crippen molar-refractivity contribution in [3.05, 3.63) is 177 Å². The number of allylic oxidation sites excluding steroid dienone is 1. The van der Waals surface area contributed by atoms with E-state index in [0.717, 1.165) is 138 Å². The van der Waals surface area contributed by atoms with Crippen LogP contribution in [0.2, 0.25) is 0 Å². The molecule has 0 atom stereocenters. The standard InChI is InChI=1S/C37H39F3N7O2PS.C34H37F3N7OPS.C3H3ClO/c1-5-34(48)45-31-8-6-24(16-33(31)50(3,4)49)10-15-47-27(20-41)17-29-23(2)25(7-9-32(29)47)21-46-13-11-26(12-14-46)44-35-30-18-28(19-37(38,39)40)51-36(30)43-22-42-35;1-21-23(5-7-30-27(21)15-25(18-38)44(30)13-8-22-4-6-29(39)31(14-22)46(2,3)45)19-43-11-9-24(10-12-43)42-32-28-16-26(17-34(35,36)37)47-33(28)41-20-40-32;1-2-3(4)5/h5-9,16-18,22,26H,1,10-15,19,21H2,2-4H3,(H,45,48)(H,42,43,44);4-7,14-16,20,24H,8-13,17,19,39H2,1-3H3,(H,40,41,42);2H,1H2. The Kier molecular flexibility index (Phi) is 24.3. The highest BCUT2D eigenvalue weighted by molar-refractivity contribution is 7.70. The number of amides is 1. The van der Waals surface area contributed by atoms with Crippen molar-refractivity contribution in [1.82, 2.24) is 38.9 Å². The van der Waals surface area contributed by atoms with Crippen molar-refractivity contribution in [2.75, 3.05) is 74.5 Å². The van der Waals surface area contributed by atoms with Gasteiger partial charge in [-0.3, -0.25) is 19.4 Å². The van der Waals surface area contributed by atoms with Gasteiger partial charge in [0.1, 0.15) is 71.8 Å². The highest BCUT2D eigenvalue weighted by atomic mass is 35.5. The Morgan fingerprint density at radius 3 is 1.43 bits per heavy atom. The molecular weight excluding hydrogens is 1420 g/mol. The van der Waals surface area contributed by atoms with Crippen molar-refractivity contribution in [2.24, 2.45) is 0 Å². The van der Waals surface area contributed by atoms with Crippen molar-refractivity contribution in [2.45, 2.75) is 116 Å². The molecule has 18 nitrogen and oxygen atoms in total. The third-order valence-electron chi connectivity index (χ3n) is 18.5. The average molecular weight is 1500 g/mol. The molecule has 0 saturated carbocycles. The number of thiophene rings is 2. The number of carbonyl (C=O) groups excluding carboxylic acids is 2. The number of benzene rings is 4. The maximum absolute atomic E-state index is 13.1. The molecule has 2 fully saturated rings. The predicted molar refractivity (Wildman–Crippen MR) is 404 cm³/mol. The Hall–Kier alpha value is -8.71. The maximum Gasteiger partial charge on any atom is 0.393 e. The van der Waals surface area contributed by atoms with Crippen LogP contribution in [0.25, 0.3) is 42.2 Å². The number of nitrogen functional groups attached to an aromatic ring is 1. The number of hydrogen-bond donors (Lipinski definition) is 4. The van der Waals surface area contributed by atoms with Crippen molar-refractivity contribution in [1.29, 1.82) is 10.5 Å². The third kappa shape index (κ3) is 19.6. The summed E-state index contributed by atoms with van der Waals surface area (Å²) in [6, 6.07) is 31.8. The van der Waals surface area contributed by atoms with Crippen LogP contribution in [0, 0.1) is 36.5 Å². The van der Waals surface area contributed by atoms with Gasteiger partial charge in [0.15, 0.2) is 0 Å². The van der Waals surface area contributed by atoms with E-state index in [9.17, 15) is 55.6 Å². The van der Waals surface area contributed by atoms with E-state index in [-0.39, 0.29) is 27.7 Å². The van der Waals surface area contributed by atoms with Crippen LogP contribution in [0.3, 0.4) is 0 Å². The van der Waals surface area contributed by atoms with Gasteiger partial charge in [0, 0.05) is 112 Å². The van der Waals surface area contributed by atoms with E-state index < -0.39 is 44.7 Å². The van der Waals surface area contributed by atoms with E-state index in [0.29, 0.717) is 91.4 Å². The molecule has 4 aromatic carbocycles. The lowest BCUT2D eigenvalue weighted by Gasteiger charge is -2.33. The minimum Gasteiger partial charge on any atom is -0.398 e. The van der Waals surface area contributed by atoms with Gasteiger partial charge in [-0.05, 0) is 197 Å². The van der Waals surface area contributed by atoms with Crippen LogP contribution in [0.15, 0.2) is 123 Å². The highest BCUT2D eigenvalue weighted by Crippen LogP contribution is 2.41. The zero-order chi connectivity index (χ0) is 74.3. The fourth-order valence-electron chi connectivity index (χ4n) is 13.2. The Labute approximate surface area is 606 Å². The Bertz CT molecular complexity index is 5030. The molecule has 8 heterocycles. The second-order valence-electron chi connectivity index (χ2n) is 26.6. The average Bonchev–Trinajstić information content (AvgIpc) is 1.64. The number of alkyl halides is 6. The number of nitrogens with one attached hydrogen (secondary N) is 3. The first-order valence-corrected chi connectivity index (χ1v) is 40.5. The summed E-state index contributed by atoms with van der Waals surface area (Å²) in [4.78, 5) is 44.8. The molecule has 2 aliphatic heterocycles. The second-order valence-corrected chi connectivity index (χ2v) is 35.6. The molecule has 103 heavy (non-hydrogen) atoms. The fourth-order valence-corrected chi connectivity index (χ4v) is 17.6. The van der Waals surface area contributed by atoms with Gasteiger partial charge in [0.25, 0.3) is 0 Å². The van der Waals surface area contributed by atoms with Crippen LogP contribution in [-0.2, 0) is 70.6 Å². The van der Waals surface area contributed by atoms with Crippen molar-refractivity contribution >= 4 is 136 Å². The van der Waals surface area contributed by atoms with Crippen LogP contribution >= 0.6 is 48.6 Å². The van der Waals surface area contributed by atoms with Gasteiger partial charge >= 0.3 is 12.4 Å². The summed E-state index contributed by atoms with van der Waals surface area (Å²) >= 11 is 6.81. The number of halogens is 7. The number of rotatable bonds is 21. The molecule has 5 N–H and O–H groups in total. The second kappa shape index (κ2) is 32.5. The first-order valence-electron chi connectivity index (χ1n) is 33.3. The van der Waals surface area contributed by atoms with Crippen molar-refractivity contribution in [3.8, 4) is 12.1 Å². The summed E-state index contributed by atoms with van der Waals surface area (Å²) in [6.45, 7) is 23.7. The lowest BCUT2D eigenvalue weighted by molar-refractivity contribution is -0.127. The molecule has 2 saturated heterocycles. The number of aryl methyl sites for hydroxylation is 6. The van der Waals surface area contributed by atoms with Crippen LogP contribution < -0.4 is 32.3 Å². The van der Waals surface area contributed by atoms with E-state index in [1.165, 1.54) is 29.9 Å². The minimum absolute atomic E-state index is 0.140. The van der Waals surface area contributed by atoms with Gasteiger partial charge < -0.3 is 39.9 Å². The molecular formula is C74H79ClF6N14O4P2S2. The van der Waals surface area contributed by atoms with E-state index >= 15 is 0 Å². The summed E-state index contributed by atoms with van der Waals surface area (Å²) in [5.41, 5.74) is 17.0. The molecule has 1 amide bonds. The monoisotopic (exact) mass is 1500 g/mol. The molecule has 0 spiro atoms. The van der Waals surface area contributed by atoms with Crippen LogP contribution in [0.1, 0.15) is 80.2 Å². The number of likely N-dealkylation sites (tertiary alicyclic amines) is 2. The number of piperidine rings is 2. The van der Waals surface area contributed by atoms with Gasteiger partial charge in [-0.15, -0.1) is 22.7 Å². The molecule has 2 aliphatic rings. The molecule has 0 bridgehead atoms. The summed E-state index contributed by atoms with van der Waals surface area (Å²) in [6.07, 6.45) is -0.707. The van der Waals surface area contributed by atoms with Gasteiger partial charge in [-0.25, -0.2) is 19.9 Å². The lowest BCUT2D eigenvalue weighted by Crippen LogP contribution is -2.39. The lowest BCUT2D eigenvalue weighted by atomic mass is 10.0. The number of nitrogens with zero attached hydrogens (tertiary/aromatic N) is 10. The predicted octanol–water partition coefficient (Wildman–Crippen LogP) is 15.6. The van der Waals surface area contributed by atoms with Crippen LogP contribution in [-0.4, -0.2) is 127 Å².